The largest absolute Gasteiger partial charge is 0.489 e. The predicted molar refractivity (Wildman–Crippen MR) is 70.4 cm³/mol. The number of carbonyl (C=O) groups excluding carboxylic acids is 1. The molecule has 1 atom stereocenters. The number of para-hydroxylation sites is 1. The summed E-state index contributed by atoms with van der Waals surface area (Å²) >= 11 is 0. The second-order valence-corrected chi connectivity index (χ2v) is 3.81. The quantitative estimate of drug-likeness (QED) is 0.774. The molecule has 0 heterocycles. The van der Waals surface area contributed by atoms with Crippen LogP contribution < -0.4 is 15.8 Å². The molecule has 1 rings (SSSR count). The third kappa shape index (κ3) is 6.42. The molecule has 1 aromatic rings. The molecule has 0 spiro atoms. The molecule has 1 aromatic carbocycles. The van der Waals surface area contributed by atoms with Gasteiger partial charge in [-0.3, -0.25) is 4.79 Å². The first-order valence-corrected chi connectivity index (χ1v) is 5.49. The van der Waals surface area contributed by atoms with Crippen LogP contribution >= 0.6 is 12.4 Å². The maximum atomic E-state index is 13.1. The van der Waals surface area contributed by atoms with E-state index in [2.05, 4.69) is 5.32 Å². The summed E-state index contributed by atoms with van der Waals surface area (Å²) in [6.07, 6.45) is 0.277. The normalized spacial score (nSPS) is 11.3. The standard InChI is InChI=1S/C12H17FN2O2.ClH/c1-9(14)8-12(16)15-6-7-17-11-5-3-2-4-10(11)13;/h2-5,9H,6-8,14H2,1H3,(H,15,16);1H. The van der Waals surface area contributed by atoms with Crippen LogP contribution in [-0.4, -0.2) is 25.1 Å². The van der Waals surface area contributed by atoms with Crippen LogP contribution in [0.15, 0.2) is 24.3 Å². The van der Waals surface area contributed by atoms with Gasteiger partial charge in [-0.25, -0.2) is 4.39 Å². The maximum Gasteiger partial charge on any atom is 0.221 e. The van der Waals surface area contributed by atoms with E-state index in [1.165, 1.54) is 6.07 Å². The van der Waals surface area contributed by atoms with Crippen molar-refractivity contribution in [3.8, 4) is 5.75 Å². The predicted octanol–water partition coefficient (Wildman–Crippen LogP) is 1.48. The van der Waals surface area contributed by atoms with Crippen LogP contribution in [0, 0.1) is 5.82 Å². The Labute approximate surface area is 112 Å². The van der Waals surface area contributed by atoms with Gasteiger partial charge in [0.15, 0.2) is 11.6 Å². The van der Waals surface area contributed by atoms with Gasteiger partial charge >= 0.3 is 0 Å². The summed E-state index contributed by atoms with van der Waals surface area (Å²) in [5, 5.41) is 2.64. The third-order valence-corrected chi connectivity index (χ3v) is 2.03. The van der Waals surface area contributed by atoms with Crippen molar-refractivity contribution in [2.45, 2.75) is 19.4 Å². The molecular formula is C12H18ClFN2O2. The summed E-state index contributed by atoms with van der Waals surface area (Å²) in [6.45, 7) is 2.32. The van der Waals surface area contributed by atoms with Crippen LogP contribution in [0.2, 0.25) is 0 Å². The summed E-state index contributed by atoms with van der Waals surface area (Å²) in [5.41, 5.74) is 5.47. The van der Waals surface area contributed by atoms with Crippen LogP contribution in [0.1, 0.15) is 13.3 Å². The van der Waals surface area contributed by atoms with E-state index in [0.29, 0.717) is 6.54 Å². The number of hydrogen-bond donors (Lipinski definition) is 2. The summed E-state index contributed by atoms with van der Waals surface area (Å²) in [4.78, 5) is 11.2. The SMILES string of the molecule is CC(N)CC(=O)NCCOc1ccccc1F.Cl. The maximum absolute atomic E-state index is 13.1. The molecule has 18 heavy (non-hydrogen) atoms. The third-order valence-electron chi connectivity index (χ3n) is 2.03. The highest BCUT2D eigenvalue weighted by molar-refractivity contribution is 5.85. The van der Waals surface area contributed by atoms with Gasteiger partial charge in [0.1, 0.15) is 6.61 Å². The summed E-state index contributed by atoms with van der Waals surface area (Å²) in [5.74, 6) is -0.347. The fourth-order valence-electron chi connectivity index (χ4n) is 1.28. The van der Waals surface area contributed by atoms with Crippen LogP contribution in [0.4, 0.5) is 4.39 Å². The minimum absolute atomic E-state index is 0. The monoisotopic (exact) mass is 276 g/mol. The molecule has 4 nitrogen and oxygen atoms in total. The lowest BCUT2D eigenvalue weighted by molar-refractivity contribution is -0.121. The Hall–Kier alpha value is -1.33. The fraction of sp³-hybridized carbons (Fsp3) is 0.417. The zero-order valence-corrected chi connectivity index (χ0v) is 11.0. The second kappa shape index (κ2) is 8.72. The fourth-order valence-corrected chi connectivity index (χ4v) is 1.28. The molecular weight excluding hydrogens is 259 g/mol. The Morgan fingerprint density at radius 1 is 1.50 bits per heavy atom. The average Bonchev–Trinajstić information content (AvgIpc) is 2.25. The molecule has 1 amide bonds. The van der Waals surface area contributed by atoms with Gasteiger partial charge in [0.25, 0.3) is 0 Å². The van der Waals surface area contributed by atoms with E-state index < -0.39 is 5.82 Å². The molecule has 0 bridgehead atoms. The average molecular weight is 277 g/mol. The number of benzene rings is 1. The van der Waals surface area contributed by atoms with Gasteiger partial charge in [-0.15, -0.1) is 12.4 Å². The van der Waals surface area contributed by atoms with Crippen molar-refractivity contribution in [1.29, 1.82) is 0 Å². The molecule has 0 radical (unpaired) electrons. The van der Waals surface area contributed by atoms with E-state index in [1.54, 1.807) is 25.1 Å². The highest BCUT2D eigenvalue weighted by Crippen LogP contribution is 2.14. The van der Waals surface area contributed by atoms with E-state index in [1.807, 2.05) is 0 Å². The zero-order valence-electron chi connectivity index (χ0n) is 10.2. The first-order valence-electron chi connectivity index (χ1n) is 5.49. The van der Waals surface area contributed by atoms with E-state index >= 15 is 0 Å². The Kier molecular flexibility index (Phi) is 8.07. The molecule has 102 valence electrons. The zero-order chi connectivity index (χ0) is 12.7. The van der Waals surface area contributed by atoms with Gasteiger partial charge in [0.05, 0.1) is 6.54 Å². The Morgan fingerprint density at radius 2 is 2.17 bits per heavy atom. The van der Waals surface area contributed by atoms with Crippen molar-refractivity contribution in [2.75, 3.05) is 13.2 Å². The first-order chi connectivity index (χ1) is 8.09. The van der Waals surface area contributed by atoms with Crippen LogP contribution in [-0.2, 0) is 4.79 Å². The van der Waals surface area contributed by atoms with Crippen molar-refractivity contribution >= 4 is 18.3 Å². The minimum atomic E-state index is -0.408. The molecule has 3 N–H and O–H groups in total. The number of nitrogens with two attached hydrogens (primary N) is 1. The van der Waals surface area contributed by atoms with Crippen molar-refractivity contribution in [3.05, 3.63) is 30.1 Å². The lowest BCUT2D eigenvalue weighted by Crippen LogP contribution is -2.32. The molecule has 0 saturated carbocycles. The number of hydrogen-bond acceptors (Lipinski definition) is 3. The number of rotatable bonds is 6. The van der Waals surface area contributed by atoms with Crippen LogP contribution in [0.5, 0.6) is 5.75 Å². The molecule has 6 heteroatoms. The van der Waals surface area contributed by atoms with Gasteiger partial charge in [0.2, 0.25) is 5.91 Å². The van der Waals surface area contributed by atoms with Gasteiger partial charge < -0.3 is 15.8 Å². The summed E-state index contributed by atoms with van der Waals surface area (Å²) in [7, 11) is 0. The number of amides is 1. The van der Waals surface area contributed by atoms with E-state index in [-0.39, 0.29) is 43.1 Å². The Morgan fingerprint density at radius 3 is 2.78 bits per heavy atom. The van der Waals surface area contributed by atoms with E-state index in [9.17, 15) is 9.18 Å². The Balaban J connectivity index is 0.00000289. The molecule has 0 saturated heterocycles. The molecule has 0 aromatic heterocycles. The lowest BCUT2D eigenvalue weighted by atomic mass is 10.2. The van der Waals surface area contributed by atoms with Crippen LogP contribution in [0.3, 0.4) is 0 Å². The number of carbonyl (C=O) groups is 1. The number of halogens is 2. The van der Waals surface area contributed by atoms with Crippen molar-refractivity contribution < 1.29 is 13.9 Å². The molecule has 0 aliphatic carbocycles. The molecule has 1 unspecified atom stereocenters. The number of ether oxygens (including phenoxy) is 1. The highest BCUT2D eigenvalue weighted by Gasteiger charge is 2.04. The first kappa shape index (κ1) is 16.7. The van der Waals surface area contributed by atoms with E-state index in [4.69, 9.17) is 10.5 Å². The summed E-state index contributed by atoms with van der Waals surface area (Å²) < 4.78 is 18.3. The van der Waals surface area contributed by atoms with Crippen molar-refractivity contribution in [3.63, 3.8) is 0 Å². The number of nitrogens with one attached hydrogen (secondary N) is 1. The van der Waals surface area contributed by atoms with E-state index in [0.717, 1.165) is 0 Å². The second-order valence-electron chi connectivity index (χ2n) is 3.81. The van der Waals surface area contributed by atoms with Crippen molar-refractivity contribution in [2.24, 2.45) is 5.73 Å². The molecule has 0 fully saturated rings. The van der Waals surface area contributed by atoms with Crippen LogP contribution in [0.25, 0.3) is 0 Å². The topological polar surface area (TPSA) is 64.4 Å². The summed E-state index contributed by atoms with van der Waals surface area (Å²) in [6, 6.07) is 5.98. The molecule has 0 aliphatic rings. The van der Waals surface area contributed by atoms with Gasteiger partial charge in [-0.2, -0.15) is 0 Å². The molecule has 0 aliphatic heterocycles. The lowest BCUT2D eigenvalue weighted by Gasteiger charge is -2.09. The van der Waals surface area contributed by atoms with Gasteiger partial charge in [-0.05, 0) is 19.1 Å². The van der Waals surface area contributed by atoms with Gasteiger partial charge in [-0.1, -0.05) is 12.1 Å². The smallest absolute Gasteiger partial charge is 0.221 e. The minimum Gasteiger partial charge on any atom is -0.489 e. The highest BCUT2D eigenvalue weighted by atomic mass is 35.5. The van der Waals surface area contributed by atoms with Gasteiger partial charge in [0, 0.05) is 12.5 Å². The Bertz CT molecular complexity index is 375. The van der Waals surface area contributed by atoms with Crippen molar-refractivity contribution in [1.82, 2.24) is 5.32 Å².